The van der Waals surface area contributed by atoms with Gasteiger partial charge in [-0.1, -0.05) is 163 Å². The Kier molecular flexibility index (Phi) is 32.7. The van der Waals surface area contributed by atoms with Gasteiger partial charge in [-0.05, 0) is 32.7 Å². The van der Waals surface area contributed by atoms with E-state index < -0.39 is 0 Å². The Balaban J connectivity index is 0. The van der Waals surface area contributed by atoms with Crippen molar-refractivity contribution in [2.45, 2.75) is 189 Å². The summed E-state index contributed by atoms with van der Waals surface area (Å²) in [5, 5.41) is 3.09. The third-order valence-corrected chi connectivity index (χ3v) is 9.75. The van der Waals surface area contributed by atoms with Crippen LogP contribution in [0.25, 0.3) is 0 Å². The molecule has 0 aromatic carbocycles. The molecule has 0 fully saturated rings. The Morgan fingerprint density at radius 3 is 1.19 bits per heavy atom. The molecule has 0 rings (SSSR count). The minimum atomic E-state index is -0.223. The molecule has 1 N–H and O–H groups in total. The smallest absolute Gasteiger partial charge is 0.308 e. The predicted molar refractivity (Wildman–Crippen MR) is 204 cm³/mol. The number of amides is 1. The lowest BCUT2D eigenvalue weighted by Gasteiger charge is -2.26. The zero-order valence-electron chi connectivity index (χ0n) is 32.7. The molecular formula is C41H82N2O5. The molecule has 0 aliphatic rings. The van der Waals surface area contributed by atoms with E-state index in [1.165, 1.54) is 89.9 Å². The second-order valence-corrected chi connectivity index (χ2v) is 14.3. The highest BCUT2D eigenvalue weighted by Crippen LogP contribution is 2.22. The van der Waals surface area contributed by atoms with Gasteiger partial charge in [0.1, 0.15) is 13.2 Å². The van der Waals surface area contributed by atoms with E-state index in [9.17, 15) is 14.4 Å². The van der Waals surface area contributed by atoms with Gasteiger partial charge in [0.15, 0.2) is 0 Å². The van der Waals surface area contributed by atoms with Crippen molar-refractivity contribution in [2.75, 3.05) is 39.9 Å². The van der Waals surface area contributed by atoms with E-state index in [4.69, 9.17) is 9.47 Å². The summed E-state index contributed by atoms with van der Waals surface area (Å²) in [5.41, 5.74) is 0. The summed E-state index contributed by atoms with van der Waals surface area (Å²) in [5.74, 6) is -0.614. The normalized spacial score (nSPS) is 13.2. The molecule has 0 aliphatic carbocycles. The first-order valence-electron chi connectivity index (χ1n) is 20.6. The molecule has 7 nitrogen and oxygen atoms in total. The molecule has 3 atom stereocenters. The summed E-state index contributed by atoms with van der Waals surface area (Å²) >= 11 is 0. The fourth-order valence-corrected chi connectivity index (χ4v) is 6.52. The first-order valence-corrected chi connectivity index (χ1v) is 20.6. The van der Waals surface area contributed by atoms with Gasteiger partial charge in [-0.25, -0.2) is 0 Å². The van der Waals surface area contributed by atoms with E-state index in [-0.39, 0.29) is 50.2 Å². The highest BCUT2D eigenvalue weighted by atomic mass is 16.5. The molecule has 0 aliphatic heterocycles. The highest BCUT2D eigenvalue weighted by molar-refractivity contribution is 5.79. The van der Waals surface area contributed by atoms with Crippen LogP contribution in [0.2, 0.25) is 0 Å². The number of nitrogens with zero attached hydrogens (tertiary/aromatic N) is 1. The quantitative estimate of drug-likeness (QED) is 0.0529. The fraction of sp³-hybridized carbons (Fsp3) is 0.927. The molecule has 0 saturated carbocycles. The van der Waals surface area contributed by atoms with Crippen molar-refractivity contribution in [1.82, 2.24) is 10.2 Å². The molecule has 48 heavy (non-hydrogen) atoms. The maximum absolute atomic E-state index is 13.4. The summed E-state index contributed by atoms with van der Waals surface area (Å²) in [6, 6.07) is 0. The zero-order valence-corrected chi connectivity index (χ0v) is 32.7. The van der Waals surface area contributed by atoms with Crippen molar-refractivity contribution in [3.63, 3.8) is 0 Å². The summed E-state index contributed by atoms with van der Waals surface area (Å²) in [6.45, 7) is 12.3. The Hall–Kier alpha value is -1.63. The van der Waals surface area contributed by atoms with Gasteiger partial charge in [0, 0.05) is 13.9 Å². The minimum absolute atomic E-state index is 0. The number of ether oxygens (including phenoxy) is 2. The summed E-state index contributed by atoms with van der Waals surface area (Å²) in [6.07, 6.45) is 27.2. The molecule has 7 heteroatoms. The number of nitrogens with one attached hydrogen (secondary N) is 1. The van der Waals surface area contributed by atoms with Crippen molar-refractivity contribution in [2.24, 2.45) is 17.8 Å². The molecule has 3 unspecified atom stereocenters. The largest absolute Gasteiger partial charge is 0.464 e. The van der Waals surface area contributed by atoms with E-state index in [1.54, 1.807) is 4.90 Å². The average molecular weight is 683 g/mol. The summed E-state index contributed by atoms with van der Waals surface area (Å²) in [7, 11) is 1.84. The lowest BCUT2D eigenvalue weighted by molar-refractivity contribution is -0.153. The SMILES string of the molecule is CCCCCCCCC(CCCCCC)C(=O)OCCN(CCOC(=O)C(CCCCCC)CCCCCCCC)C(=O)C(C)CNC.[HH]. The van der Waals surface area contributed by atoms with Gasteiger partial charge in [-0.15, -0.1) is 0 Å². The summed E-state index contributed by atoms with van der Waals surface area (Å²) in [4.78, 5) is 41.5. The molecule has 0 spiro atoms. The Morgan fingerprint density at radius 1 is 0.542 bits per heavy atom. The average Bonchev–Trinajstić information content (AvgIpc) is 3.08. The second-order valence-electron chi connectivity index (χ2n) is 14.3. The van der Waals surface area contributed by atoms with E-state index >= 15 is 0 Å². The third-order valence-electron chi connectivity index (χ3n) is 9.75. The number of hydrogen-bond donors (Lipinski definition) is 1. The molecule has 1 amide bonds. The second kappa shape index (κ2) is 33.8. The molecule has 0 radical (unpaired) electrons. The number of carbonyl (C=O) groups excluding carboxylic acids is 3. The molecule has 0 aromatic heterocycles. The van der Waals surface area contributed by atoms with Crippen LogP contribution in [0.15, 0.2) is 0 Å². The first-order chi connectivity index (χ1) is 23.4. The van der Waals surface area contributed by atoms with Crippen molar-refractivity contribution in [3.05, 3.63) is 0 Å². The molecule has 0 saturated heterocycles. The molecular weight excluding hydrogens is 600 g/mol. The lowest BCUT2D eigenvalue weighted by atomic mass is 9.94. The molecule has 286 valence electrons. The topological polar surface area (TPSA) is 84.9 Å². The van der Waals surface area contributed by atoms with E-state index in [2.05, 4.69) is 33.0 Å². The van der Waals surface area contributed by atoms with Crippen molar-refractivity contribution >= 4 is 17.8 Å². The molecule has 0 aromatic rings. The van der Waals surface area contributed by atoms with Crippen LogP contribution in [-0.4, -0.2) is 62.6 Å². The number of unbranched alkanes of at least 4 members (excludes halogenated alkanes) is 16. The maximum Gasteiger partial charge on any atom is 0.308 e. The van der Waals surface area contributed by atoms with Gasteiger partial charge in [0.05, 0.1) is 24.9 Å². The number of carbonyl (C=O) groups is 3. The highest BCUT2D eigenvalue weighted by Gasteiger charge is 2.24. The van der Waals surface area contributed by atoms with Crippen LogP contribution in [-0.2, 0) is 23.9 Å². The van der Waals surface area contributed by atoms with Gasteiger partial charge >= 0.3 is 11.9 Å². The zero-order chi connectivity index (χ0) is 35.7. The lowest BCUT2D eigenvalue weighted by Crippen LogP contribution is -2.42. The fourth-order valence-electron chi connectivity index (χ4n) is 6.52. The minimum Gasteiger partial charge on any atom is -0.464 e. The van der Waals surface area contributed by atoms with Gasteiger partial charge in [0.25, 0.3) is 0 Å². The Morgan fingerprint density at radius 2 is 0.854 bits per heavy atom. The van der Waals surface area contributed by atoms with E-state index in [1.807, 2.05) is 14.0 Å². The van der Waals surface area contributed by atoms with Crippen molar-refractivity contribution in [3.8, 4) is 0 Å². The Labute approximate surface area is 299 Å². The predicted octanol–water partition coefficient (Wildman–Crippen LogP) is 10.7. The van der Waals surface area contributed by atoms with Gasteiger partial charge in [-0.3, -0.25) is 14.4 Å². The van der Waals surface area contributed by atoms with Crippen LogP contribution in [0.4, 0.5) is 0 Å². The van der Waals surface area contributed by atoms with Crippen LogP contribution >= 0.6 is 0 Å². The van der Waals surface area contributed by atoms with E-state index in [0.29, 0.717) is 19.6 Å². The third kappa shape index (κ3) is 25.4. The number of rotatable bonds is 35. The van der Waals surface area contributed by atoms with Crippen LogP contribution < -0.4 is 5.32 Å². The van der Waals surface area contributed by atoms with Gasteiger partial charge < -0.3 is 19.7 Å². The van der Waals surface area contributed by atoms with Crippen LogP contribution in [0.3, 0.4) is 0 Å². The van der Waals surface area contributed by atoms with E-state index in [0.717, 1.165) is 64.2 Å². The first kappa shape index (κ1) is 46.4. The van der Waals surface area contributed by atoms with Crippen LogP contribution in [0.1, 0.15) is 190 Å². The van der Waals surface area contributed by atoms with Crippen molar-refractivity contribution in [1.29, 1.82) is 0 Å². The molecule has 0 heterocycles. The molecule has 0 bridgehead atoms. The summed E-state index contributed by atoms with van der Waals surface area (Å²) < 4.78 is 11.7. The standard InChI is InChI=1S/C41H80N2O5.H2/c1-7-11-15-19-21-25-29-37(27-23-17-13-9-3)40(45)47-33-31-43(39(44)36(5)35-42-6)32-34-48-41(46)38(28-24-18-14-10-4)30-26-22-20-16-12-8-2;/h36-38,42H,7-35H2,1-6H3;1H. The number of esters is 2. The van der Waals surface area contributed by atoms with Gasteiger partial charge in [0.2, 0.25) is 5.91 Å². The Bertz CT molecular complexity index is 718. The number of hydrogen-bond acceptors (Lipinski definition) is 6. The monoisotopic (exact) mass is 683 g/mol. The van der Waals surface area contributed by atoms with Gasteiger partial charge in [-0.2, -0.15) is 0 Å². The van der Waals surface area contributed by atoms with Crippen molar-refractivity contribution < 1.29 is 25.3 Å². The van der Waals surface area contributed by atoms with Crippen LogP contribution in [0.5, 0.6) is 0 Å². The van der Waals surface area contributed by atoms with Crippen LogP contribution in [0, 0.1) is 17.8 Å². The maximum atomic E-state index is 13.4.